The lowest BCUT2D eigenvalue weighted by Crippen LogP contribution is -2.50. The van der Waals surface area contributed by atoms with Crippen molar-refractivity contribution in [1.82, 2.24) is 14.4 Å². The highest BCUT2D eigenvalue weighted by atomic mass is 35.5. The molecule has 11 heteroatoms. The molecule has 0 saturated carbocycles. The molecule has 3 aromatic rings. The molecule has 35 heavy (non-hydrogen) atoms. The van der Waals surface area contributed by atoms with Gasteiger partial charge in [-0.3, -0.25) is 4.79 Å². The van der Waals surface area contributed by atoms with E-state index < -0.39 is 17.8 Å². The van der Waals surface area contributed by atoms with Crippen LogP contribution in [0.15, 0.2) is 30.3 Å². The Kier molecular flexibility index (Phi) is 6.68. The minimum Gasteiger partial charge on any atom is -0.465 e. The fourth-order valence-electron chi connectivity index (χ4n) is 4.41. The molecule has 0 atom stereocenters. The normalized spacial score (nSPS) is 14.6. The maximum Gasteiger partial charge on any atom is 0.416 e. The molecule has 0 radical (unpaired) electrons. The number of benzene rings is 2. The van der Waals surface area contributed by atoms with E-state index in [9.17, 15) is 22.8 Å². The number of halogens is 5. The van der Waals surface area contributed by atoms with Crippen molar-refractivity contribution in [1.29, 1.82) is 0 Å². The van der Waals surface area contributed by atoms with Crippen molar-refractivity contribution in [3.05, 3.63) is 68.3 Å². The number of fused-ring (bicyclic) bond motifs is 1. The van der Waals surface area contributed by atoms with Crippen molar-refractivity contribution in [2.45, 2.75) is 19.5 Å². The van der Waals surface area contributed by atoms with Gasteiger partial charge in [-0.15, -0.1) is 0 Å². The van der Waals surface area contributed by atoms with Gasteiger partial charge < -0.3 is 19.5 Å². The molecule has 4 rings (SSSR count). The van der Waals surface area contributed by atoms with Crippen LogP contribution in [0.1, 0.15) is 32.7 Å². The number of amides is 2. The second-order valence-corrected chi connectivity index (χ2v) is 9.33. The second-order valence-electron chi connectivity index (χ2n) is 8.54. The largest absolute Gasteiger partial charge is 0.465 e. The summed E-state index contributed by atoms with van der Waals surface area (Å²) in [6, 6.07) is 7.52. The summed E-state index contributed by atoms with van der Waals surface area (Å²) in [5.41, 5.74) is 1.28. The number of rotatable bonds is 3. The Morgan fingerprint density at radius 1 is 1.03 bits per heavy atom. The molecule has 1 aliphatic heterocycles. The van der Waals surface area contributed by atoms with Crippen LogP contribution in [-0.4, -0.2) is 57.7 Å². The lowest BCUT2D eigenvalue weighted by molar-refractivity contribution is -0.137. The number of alkyl halides is 3. The van der Waals surface area contributed by atoms with Crippen LogP contribution >= 0.6 is 23.2 Å². The molecule has 2 aromatic carbocycles. The fourth-order valence-corrected chi connectivity index (χ4v) is 4.99. The maximum atomic E-state index is 13.4. The number of hydrogen-bond acceptors (Lipinski definition) is 2. The third kappa shape index (κ3) is 4.79. The smallest absolute Gasteiger partial charge is 0.416 e. The summed E-state index contributed by atoms with van der Waals surface area (Å²) in [7, 11) is 1.67. The third-order valence-electron chi connectivity index (χ3n) is 6.41. The van der Waals surface area contributed by atoms with Crippen LogP contribution in [0, 0.1) is 6.92 Å². The Bertz CT molecular complexity index is 1330. The van der Waals surface area contributed by atoms with Crippen LogP contribution in [0.4, 0.5) is 18.0 Å². The van der Waals surface area contributed by atoms with Gasteiger partial charge in [0.25, 0.3) is 5.91 Å². The van der Waals surface area contributed by atoms with Crippen LogP contribution in [0.2, 0.25) is 10.0 Å². The van der Waals surface area contributed by atoms with E-state index in [-0.39, 0.29) is 54.7 Å². The highest BCUT2D eigenvalue weighted by molar-refractivity contribution is 6.38. The van der Waals surface area contributed by atoms with E-state index in [1.165, 1.54) is 28.9 Å². The number of aromatic nitrogens is 1. The minimum absolute atomic E-state index is 0.133. The van der Waals surface area contributed by atoms with Crippen molar-refractivity contribution in [3.63, 3.8) is 0 Å². The van der Waals surface area contributed by atoms with E-state index in [2.05, 4.69) is 0 Å². The molecule has 186 valence electrons. The summed E-state index contributed by atoms with van der Waals surface area (Å²) in [6.45, 7) is 2.31. The van der Waals surface area contributed by atoms with Gasteiger partial charge in [-0.05, 0) is 48.4 Å². The van der Waals surface area contributed by atoms with E-state index in [0.717, 1.165) is 6.07 Å². The molecular weight excluding hydrogens is 506 g/mol. The summed E-state index contributed by atoms with van der Waals surface area (Å²) in [5.74, 6) is -0.333. The molecule has 1 aliphatic rings. The Morgan fingerprint density at radius 3 is 2.26 bits per heavy atom. The van der Waals surface area contributed by atoms with Crippen LogP contribution in [0.25, 0.3) is 10.9 Å². The molecule has 0 bridgehead atoms. The standard InChI is InChI=1S/C24H22Cl2F3N3O3/c1-13-9-14-10-15(30(2)20(14)12-18(13)24(27,28)29)11-17-19(25)4-3-16(21(17)26)22(33)31-5-7-32(8-6-31)23(34)35/h3-4,9-10,12H,5-8,11H2,1-2H3,(H,34,35). The summed E-state index contributed by atoms with van der Waals surface area (Å²) in [5, 5.41) is 10.3. The monoisotopic (exact) mass is 527 g/mol. The Morgan fingerprint density at radius 2 is 1.66 bits per heavy atom. The summed E-state index contributed by atoms with van der Waals surface area (Å²) < 4.78 is 41.8. The average Bonchev–Trinajstić information content (AvgIpc) is 3.09. The van der Waals surface area contributed by atoms with E-state index in [1.54, 1.807) is 23.7 Å². The minimum atomic E-state index is -4.46. The summed E-state index contributed by atoms with van der Waals surface area (Å²) in [6.07, 6.45) is -5.28. The first-order valence-electron chi connectivity index (χ1n) is 10.8. The van der Waals surface area contributed by atoms with Crippen molar-refractivity contribution in [2.75, 3.05) is 26.2 Å². The van der Waals surface area contributed by atoms with Crippen molar-refractivity contribution < 1.29 is 27.9 Å². The van der Waals surface area contributed by atoms with Gasteiger partial charge in [-0.1, -0.05) is 23.2 Å². The highest BCUT2D eigenvalue weighted by Crippen LogP contribution is 2.36. The quantitative estimate of drug-likeness (QED) is 0.465. The van der Waals surface area contributed by atoms with Gasteiger partial charge in [-0.2, -0.15) is 13.2 Å². The first-order chi connectivity index (χ1) is 16.4. The van der Waals surface area contributed by atoms with Gasteiger partial charge >= 0.3 is 12.3 Å². The van der Waals surface area contributed by atoms with Gasteiger partial charge in [0.2, 0.25) is 0 Å². The molecule has 6 nitrogen and oxygen atoms in total. The first kappa shape index (κ1) is 25.2. The van der Waals surface area contributed by atoms with Gasteiger partial charge in [0.05, 0.1) is 16.1 Å². The molecule has 2 heterocycles. The number of carboxylic acid groups (broad SMARTS) is 1. The lowest BCUT2D eigenvalue weighted by atomic mass is 10.0. The summed E-state index contributed by atoms with van der Waals surface area (Å²) in [4.78, 5) is 27.0. The van der Waals surface area contributed by atoms with Crippen LogP contribution in [-0.2, 0) is 19.6 Å². The van der Waals surface area contributed by atoms with Crippen LogP contribution < -0.4 is 0 Å². The third-order valence-corrected chi connectivity index (χ3v) is 7.19. The van der Waals surface area contributed by atoms with Crippen molar-refractivity contribution >= 4 is 46.1 Å². The molecule has 0 unspecified atom stereocenters. The number of carbonyl (C=O) groups excluding carboxylic acids is 1. The van der Waals surface area contributed by atoms with Crippen molar-refractivity contribution in [3.8, 4) is 0 Å². The molecule has 0 aliphatic carbocycles. The molecule has 1 saturated heterocycles. The zero-order chi connectivity index (χ0) is 25.7. The number of aryl methyl sites for hydroxylation is 2. The first-order valence-corrected chi connectivity index (χ1v) is 11.5. The fraction of sp³-hybridized carbons (Fsp3) is 0.333. The SMILES string of the molecule is Cc1cc2cc(Cc3c(Cl)ccc(C(=O)N4CCN(C(=O)O)CC4)c3Cl)n(C)c2cc1C(F)(F)F. The van der Waals surface area contributed by atoms with Crippen molar-refractivity contribution in [2.24, 2.45) is 7.05 Å². The van der Waals surface area contributed by atoms with E-state index in [4.69, 9.17) is 28.3 Å². The zero-order valence-electron chi connectivity index (χ0n) is 18.9. The molecule has 1 aromatic heterocycles. The van der Waals surface area contributed by atoms with Gasteiger partial charge in [0, 0.05) is 61.3 Å². The summed E-state index contributed by atoms with van der Waals surface area (Å²) >= 11 is 13.0. The molecule has 2 amide bonds. The predicted molar refractivity (Wildman–Crippen MR) is 127 cm³/mol. The van der Waals surface area contributed by atoms with Gasteiger partial charge in [0.15, 0.2) is 0 Å². The molecule has 1 N–H and O–H groups in total. The molecular formula is C24H22Cl2F3N3O3. The number of nitrogens with zero attached hydrogens (tertiary/aromatic N) is 3. The highest BCUT2D eigenvalue weighted by Gasteiger charge is 2.33. The Labute approximate surface area is 209 Å². The second kappa shape index (κ2) is 9.28. The van der Waals surface area contributed by atoms with E-state index >= 15 is 0 Å². The van der Waals surface area contributed by atoms with Gasteiger partial charge in [-0.25, -0.2) is 4.79 Å². The van der Waals surface area contributed by atoms with Crippen LogP contribution in [0.3, 0.4) is 0 Å². The zero-order valence-corrected chi connectivity index (χ0v) is 20.4. The Hall–Kier alpha value is -2.91. The molecule has 1 fully saturated rings. The average molecular weight is 528 g/mol. The lowest BCUT2D eigenvalue weighted by Gasteiger charge is -2.33. The number of hydrogen-bond donors (Lipinski definition) is 1. The molecule has 0 spiro atoms. The van der Waals surface area contributed by atoms with E-state index in [0.29, 0.717) is 27.2 Å². The Balaban J connectivity index is 1.65. The van der Waals surface area contributed by atoms with Crippen LogP contribution in [0.5, 0.6) is 0 Å². The van der Waals surface area contributed by atoms with E-state index in [1.807, 2.05) is 0 Å². The predicted octanol–water partition coefficient (Wildman–Crippen LogP) is 5.84. The number of carbonyl (C=O) groups is 2. The van der Waals surface area contributed by atoms with Gasteiger partial charge in [0.1, 0.15) is 0 Å². The maximum absolute atomic E-state index is 13.4. The number of piperazine rings is 1. The topological polar surface area (TPSA) is 65.8 Å².